The summed E-state index contributed by atoms with van der Waals surface area (Å²) in [4.78, 5) is 1.76. The number of nitriles is 1. The van der Waals surface area contributed by atoms with Crippen LogP contribution in [-0.4, -0.2) is 42.4 Å². The summed E-state index contributed by atoms with van der Waals surface area (Å²) in [6, 6.07) is 6.85. The summed E-state index contributed by atoms with van der Waals surface area (Å²) >= 11 is 0. The maximum atomic E-state index is 12.8. The topological polar surface area (TPSA) is 56.5 Å². The minimum Gasteiger partial charge on any atom is -0.490 e. The number of benzene rings is 1. The predicted molar refractivity (Wildman–Crippen MR) is 75.3 cm³/mol. The number of ether oxygens (including phenoxy) is 1. The monoisotopic (exact) mass is 316 g/mol. The van der Waals surface area contributed by atoms with Gasteiger partial charge in [-0.25, -0.2) is 0 Å². The Bertz CT molecular complexity index is 514. The fourth-order valence-electron chi connectivity index (χ4n) is 1.87. The Labute approximate surface area is 127 Å². The quantitative estimate of drug-likeness (QED) is 0.840. The van der Waals surface area contributed by atoms with Gasteiger partial charge in [-0.1, -0.05) is 12.1 Å². The van der Waals surface area contributed by atoms with E-state index in [4.69, 9.17) is 10.00 Å². The van der Waals surface area contributed by atoms with Crippen LogP contribution in [0.25, 0.3) is 0 Å². The summed E-state index contributed by atoms with van der Waals surface area (Å²) in [5.41, 5.74) is -0.867. The smallest absolute Gasteiger partial charge is 0.419 e. The van der Waals surface area contributed by atoms with Gasteiger partial charge in [0.05, 0.1) is 18.1 Å². The Morgan fingerprint density at radius 1 is 1.36 bits per heavy atom. The van der Waals surface area contributed by atoms with Crippen LogP contribution in [0.1, 0.15) is 18.9 Å². The van der Waals surface area contributed by atoms with E-state index in [2.05, 4.69) is 0 Å². The molecule has 0 saturated carbocycles. The van der Waals surface area contributed by atoms with Crippen molar-refractivity contribution in [1.29, 1.82) is 5.26 Å². The van der Waals surface area contributed by atoms with Crippen LogP contribution in [-0.2, 0) is 6.18 Å². The lowest BCUT2D eigenvalue weighted by Crippen LogP contribution is -2.38. The van der Waals surface area contributed by atoms with Crippen LogP contribution < -0.4 is 4.74 Å². The second-order valence-electron chi connectivity index (χ2n) is 5.11. The SMILES string of the molecule is CC(CC#N)N(C)CC(O)COc1ccccc1C(F)(F)F. The third-order valence-electron chi connectivity index (χ3n) is 3.26. The number of aliphatic hydroxyl groups excluding tert-OH is 1. The van der Waals surface area contributed by atoms with E-state index in [0.717, 1.165) is 6.07 Å². The van der Waals surface area contributed by atoms with E-state index in [9.17, 15) is 18.3 Å². The van der Waals surface area contributed by atoms with Gasteiger partial charge in [-0.15, -0.1) is 0 Å². The molecule has 1 aromatic carbocycles. The molecule has 4 nitrogen and oxygen atoms in total. The summed E-state index contributed by atoms with van der Waals surface area (Å²) in [5, 5.41) is 18.5. The summed E-state index contributed by atoms with van der Waals surface area (Å²) in [6.45, 7) is 1.78. The van der Waals surface area contributed by atoms with Crippen LogP contribution in [0.3, 0.4) is 0 Å². The van der Waals surface area contributed by atoms with Crippen LogP contribution in [0.4, 0.5) is 13.2 Å². The Morgan fingerprint density at radius 3 is 2.59 bits per heavy atom. The number of nitrogens with zero attached hydrogens (tertiary/aromatic N) is 2. The molecule has 0 fully saturated rings. The highest BCUT2D eigenvalue weighted by molar-refractivity contribution is 5.35. The predicted octanol–water partition coefficient (Wildman–Crippen LogP) is 2.68. The minimum atomic E-state index is -4.50. The molecule has 0 aliphatic heterocycles. The third kappa shape index (κ3) is 5.54. The Morgan fingerprint density at radius 2 is 2.00 bits per heavy atom. The fraction of sp³-hybridized carbons (Fsp3) is 0.533. The zero-order chi connectivity index (χ0) is 16.8. The lowest BCUT2D eigenvalue weighted by Gasteiger charge is -2.25. The molecular weight excluding hydrogens is 297 g/mol. The molecule has 122 valence electrons. The number of alkyl halides is 3. The minimum absolute atomic E-state index is 0.0536. The van der Waals surface area contributed by atoms with Crippen molar-refractivity contribution in [3.05, 3.63) is 29.8 Å². The van der Waals surface area contributed by atoms with Crippen molar-refractivity contribution in [2.75, 3.05) is 20.2 Å². The number of aliphatic hydroxyl groups is 1. The molecule has 0 heterocycles. The molecule has 0 aliphatic carbocycles. The molecule has 1 rings (SSSR count). The van der Waals surface area contributed by atoms with E-state index in [1.807, 2.05) is 13.0 Å². The maximum absolute atomic E-state index is 12.8. The van der Waals surface area contributed by atoms with Crippen LogP contribution in [0, 0.1) is 11.3 Å². The lowest BCUT2D eigenvalue weighted by molar-refractivity contribution is -0.139. The zero-order valence-electron chi connectivity index (χ0n) is 12.5. The van der Waals surface area contributed by atoms with E-state index < -0.39 is 17.8 Å². The van der Waals surface area contributed by atoms with Gasteiger partial charge < -0.3 is 9.84 Å². The highest BCUT2D eigenvalue weighted by atomic mass is 19.4. The molecule has 1 aromatic rings. The third-order valence-corrected chi connectivity index (χ3v) is 3.26. The normalized spacial score (nSPS) is 14.5. The van der Waals surface area contributed by atoms with Gasteiger partial charge in [0, 0.05) is 12.6 Å². The van der Waals surface area contributed by atoms with E-state index in [1.54, 1.807) is 11.9 Å². The Kier molecular flexibility index (Phi) is 6.65. The highest BCUT2D eigenvalue weighted by Gasteiger charge is 2.34. The van der Waals surface area contributed by atoms with Gasteiger partial charge in [0.15, 0.2) is 0 Å². The van der Waals surface area contributed by atoms with Crippen LogP contribution in [0.2, 0.25) is 0 Å². The van der Waals surface area contributed by atoms with E-state index in [0.29, 0.717) is 6.42 Å². The molecule has 0 bridgehead atoms. The van der Waals surface area contributed by atoms with E-state index >= 15 is 0 Å². The van der Waals surface area contributed by atoms with E-state index in [-0.39, 0.29) is 24.9 Å². The number of likely N-dealkylation sites (N-methyl/N-ethyl adjacent to an activating group) is 1. The molecule has 0 spiro atoms. The first-order chi connectivity index (χ1) is 10.3. The second-order valence-corrected chi connectivity index (χ2v) is 5.11. The standard InChI is InChI=1S/C15H19F3N2O2/c1-11(7-8-19)20(2)9-12(21)10-22-14-6-4-3-5-13(14)15(16,17)18/h3-6,11-12,21H,7,9-10H2,1-2H3. The average Bonchev–Trinajstić information content (AvgIpc) is 2.44. The first-order valence-corrected chi connectivity index (χ1v) is 6.80. The molecule has 22 heavy (non-hydrogen) atoms. The van der Waals surface area contributed by atoms with Crippen molar-refractivity contribution in [1.82, 2.24) is 4.90 Å². The molecule has 0 aliphatic rings. The average molecular weight is 316 g/mol. The molecule has 0 saturated heterocycles. The van der Waals surface area contributed by atoms with Crippen LogP contribution in [0.5, 0.6) is 5.75 Å². The van der Waals surface area contributed by atoms with Gasteiger partial charge in [-0.2, -0.15) is 18.4 Å². The van der Waals surface area contributed by atoms with Gasteiger partial charge >= 0.3 is 6.18 Å². The van der Waals surface area contributed by atoms with Crippen molar-refractivity contribution >= 4 is 0 Å². The van der Waals surface area contributed by atoms with Gasteiger partial charge in [0.25, 0.3) is 0 Å². The van der Waals surface area contributed by atoms with Crippen molar-refractivity contribution in [3.8, 4) is 11.8 Å². The first kappa shape index (κ1) is 18.3. The largest absolute Gasteiger partial charge is 0.490 e. The summed E-state index contributed by atoms with van der Waals surface area (Å²) in [6.07, 6.45) is -5.15. The number of para-hydroxylation sites is 1. The number of halogens is 3. The van der Waals surface area contributed by atoms with Crippen molar-refractivity contribution in [2.45, 2.75) is 31.7 Å². The number of rotatable bonds is 7. The van der Waals surface area contributed by atoms with Gasteiger partial charge in [-0.05, 0) is 26.1 Å². The lowest BCUT2D eigenvalue weighted by atomic mass is 10.2. The molecule has 2 atom stereocenters. The number of hydrogen-bond donors (Lipinski definition) is 1. The molecule has 0 radical (unpaired) electrons. The molecular formula is C15H19F3N2O2. The fourth-order valence-corrected chi connectivity index (χ4v) is 1.87. The maximum Gasteiger partial charge on any atom is 0.419 e. The number of hydrogen-bond acceptors (Lipinski definition) is 4. The van der Waals surface area contributed by atoms with E-state index in [1.165, 1.54) is 18.2 Å². The molecule has 2 unspecified atom stereocenters. The Hall–Kier alpha value is -1.78. The van der Waals surface area contributed by atoms with Crippen LogP contribution in [0.15, 0.2) is 24.3 Å². The van der Waals surface area contributed by atoms with Gasteiger partial charge in [0.1, 0.15) is 18.5 Å². The molecule has 0 aromatic heterocycles. The summed E-state index contributed by atoms with van der Waals surface area (Å²) < 4.78 is 43.5. The summed E-state index contributed by atoms with van der Waals surface area (Å²) in [5.74, 6) is -0.304. The van der Waals surface area contributed by atoms with Gasteiger partial charge in [-0.3, -0.25) is 4.90 Å². The zero-order valence-corrected chi connectivity index (χ0v) is 12.5. The molecule has 7 heteroatoms. The second kappa shape index (κ2) is 8.01. The first-order valence-electron chi connectivity index (χ1n) is 6.80. The van der Waals surface area contributed by atoms with Crippen molar-refractivity contribution in [3.63, 3.8) is 0 Å². The summed E-state index contributed by atoms with van der Waals surface area (Å²) in [7, 11) is 1.73. The highest BCUT2D eigenvalue weighted by Crippen LogP contribution is 2.35. The van der Waals surface area contributed by atoms with Crippen molar-refractivity contribution < 1.29 is 23.0 Å². The van der Waals surface area contributed by atoms with Crippen LogP contribution >= 0.6 is 0 Å². The molecule has 1 N–H and O–H groups in total. The van der Waals surface area contributed by atoms with Gasteiger partial charge in [0.2, 0.25) is 0 Å². The Balaban J connectivity index is 2.58. The van der Waals surface area contributed by atoms with Crippen molar-refractivity contribution in [2.24, 2.45) is 0 Å². The molecule has 0 amide bonds.